The number of methoxy groups -OCH3 is 1. The van der Waals surface area contributed by atoms with E-state index in [1.807, 2.05) is 6.92 Å². The van der Waals surface area contributed by atoms with Crippen LogP contribution < -0.4 is 23.9 Å². The topological polar surface area (TPSA) is 107 Å². The normalized spacial score (nSPS) is 11.1. The van der Waals surface area contributed by atoms with E-state index in [-0.39, 0.29) is 0 Å². The zero-order valence-corrected chi connectivity index (χ0v) is 19.1. The second kappa shape index (κ2) is 11.8. The first-order chi connectivity index (χ1) is 15.3. The van der Waals surface area contributed by atoms with Gasteiger partial charge in [-0.3, -0.25) is 9.10 Å². The smallest absolute Gasteiger partial charge is 0.260 e. The van der Waals surface area contributed by atoms with Crippen molar-refractivity contribution in [2.24, 2.45) is 5.10 Å². The van der Waals surface area contributed by atoms with Crippen molar-refractivity contribution >= 4 is 27.8 Å². The Bertz CT molecular complexity index is 1050. The summed E-state index contributed by atoms with van der Waals surface area (Å²) in [4.78, 5) is 12.3. The van der Waals surface area contributed by atoms with Gasteiger partial charge in [-0.1, -0.05) is 12.7 Å². The lowest BCUT2D eigenvalue weighted by atomic mass is 10.2. The molecular weight excluding hydrogens is 434 g/mol. The minimum atomic E-state index is -3.69. The van der Waals surface area contributed by atoms with E-state index in [0.29, 0.717) is 41.7 Å². The van der Waals surface area contributed by atoms with Crippen molar-refractivity contribution in [3.8, 4) is 17.2 Å². The number of hydrazone groups is 1. The fraction of sp³-hybridized carbons (Fsp3) is 0.273. The van der Waals surface area contributed by atoms with Crippen molar-refractivity contribution in [2.75, 3.05) is 37.4 Å². The van der Waals surface area contributed by atoms with E-state index >= 15 is 0 Å². The number of nitrogens with zero attached hydrogens (tertiary/aromatic N) is 2. The summed E-state index contributed by atoms with van der Waals surface area (Å²) in [5.41, 5.74) is 3.34. The summed E-state index contributed by atoms with van der Waals surface area (Å²) in [6.45, 7) is 5.84. The second-order valence-corrected chi connectivity index (χ2v) is 8.41. The maximum absolute atomic E-state index is 12.3. The number of amides is 1. The van der Waals surface area contributed by atoms with Gasteiger partial charge in [-0.2, -0.15) is 5.10 Å². The lowest BCUT2D eigenvalue weighted by Crippen LogP contribution is -2.39. The highest BCUT2D eigenvalue weighted by atomic mass is 32.2. The monoisotopic (exact) mass is 461 g/mol. The van der Waals surface area contributed by atoms with Gasteiger partial charge in [-0.05, 0) is 55.0 Å². The molecule has 0 atom stereocenters. The Hall–Kier alpha value is -3.53. The Morgan fingerprint density at radius 3 is 2.47 bits per heavy atom. The minimum absolute atomic E-state index is 0.337. The molecule has 0 spiro atoms. The van der Waals surface area contributed by atoms with Crippen LogP contribution in [-0.4, -0.2) is 53.7 Å². The third-order valence-corrected chi connectivity index (χ3v) is 5.22. The first-order valence-corrected chi connectivity index (χ1v) is 11.6. The van der Waals surface area contributed by atoms with Crippen LogP contribution in [0.3, 0.4) is 0 Å². The molecule has 172 valence electrons. The molecule has 0 heterocycles. The first kappa shape index (κ1) is 24.7. The molecule has 0 aliphatic carbocycles. The molecule has 0 bridgehead atoms. The molecule has 2 aromatic carbocycles. The lowest BCUT2D eigenvalue weighted by molar-refractivity contribution is -0.119. The summed E-state index contributed by atoms with van der Waals surface area (Å²) in [5.74, 6) is 1.07. The number of carbonyl (C=O) groups excluding carboxylic acids is 1. The zero-order chi connectivity index (χ0) is 23.6. The van der Waals surface area contributed by atoms with Gasteiger partial charge in [0.15, 0.2) is 11.5 Å². The van der Waals surface area contributed by atoms with E-state index in [1.165, 1.54) is 13.3 Å². The van der Waals surface area contributed by atoms with Gasteiger partial charge in [0, 0.05) is 0 Å². The van der Waals surface area contributed by atoms with Gasteiger partial charge in [-0.15, -0.1) is 0 Å². The number of rotatable bonds is 12. The predicted octanol–water partition coefficient (Wildman–Crippen LogP) is 2.58. The molecule has 0 saturated carbocycles. The molecule has 2 aromatic rings. The number of ether oxygens (including phenoxy) is 3. The van der Waals surface area contributed by atoms with Crippen LogP contribution in [0.4, 0.5) is 5.69 Å². The molecule has 0 aliphatic rings. The van der Waals surface area contributed by atoms with Crippen molar-refractivity contribution < 1.29 is 27.4 Å². The van der Waals surface area contributed by atoms with Crippen LogP contribution in [0.2, 0.25) is 0 Å². The number of benzene rings is 2. The molecule has 32 heavy (non-hydrogen) atoms. The van der Waals surface area contributed by atoms with Crippen molar-refractivity contribution in [1.29, 1.82) is 0 Å². The molecule has 0 fully saturated rings. The van der Waals surface area contributed by atoms with Crippen LogP contribution in [0.25, 0.3) is 0 Å². The van der Waals surface area contributed by atoms with Gasteiger partial charge in [0.2, 0.25) is 10.0 Å². The van der Waals surface area contributed by atoms with Crippen molar-refractivity contribution in [2.45, 2.75) is 6.92 Å². The molecule has 0 unspecified atom stereocenters. The highest BCUT2D eigenvalue weighted by Crippen LogP contribution is 2.28. The third kappa shape index (κ3) is 7.31. The van der Waals surface area contributed by atoms with Crippen LogP contribution in [0.15, 0.2) is 60.2 Å². The van der Waals surface area contributed by atoms with Gasteiger partial charge in [0.25, 0.3) is 5.91 Å². The van der Waals surface area contributed by atoms with Crippen LogP contribution in [-0.2, 0) is 14.8 Å². The summed E-state index contributed by atoms with van der Waals surface area (Å²) in [6.07, 6.45) is 4.08. The molecule has 2 rings (SSSR count). The van der Waals surface area contributed by atoms with Crippen LogP contribution in [0.1, 0.15) is 12.5 Å². The summed E-state index contributed by atoms with van der Waals surface area (Å²) in [5, 5.41) is 3.91. The largest absolute Gasteiger partial charge is 0.497 e. The van der Waals surface area contributed by atoms with E-state index < -0.39 is 22.5 Å². The van der Waals surface area contributed by atoms with Gasteiger partial charge in [0.05, 0.1) is 31.9 Å². The van der Waals surface area contributed by atoms with Gasteiger partial charge in [-0.25, -0.2) is 13.8 Å². The Labute approximate surface area is 188 Å². The average molecular weight is 462 g/mol. The van der Waals surface area contributed by atoms with Gasteiger partial charge in [0.1, 0.15) is 18.9 Å². The van der Waals surface area contributed by atoms with Crippen molar-refractivity contribution in [1.82, 2.24) is 5.43 Å². The average Bonchev–Trinajstić information content (AvgIpc) is 2.76. The number of anilines is 1. The Morgan fingerprint density at radius 1 is 1.16 bits per heavy atom. The number of nitrogens with one attached hydrogen (secondary N) is 1. The number of carbonyl (C=O) groups is 1. The summed E-state index contributed by atoms with van der Waals surface area (Å²) in [6, 6.07) is 11.5. The van der Waals surface area contributed by atoms with Crippen LogP contribution in [0, 0.1) is 0 Å². The molecule has 0 radical (unpaired) electrons. The van der Waals surface area contributed by atoms with Crippen LogP contribution >= 0.6 is 0 Å². The SMILES string of the molecule is C=CCOc1ccc(/C=N\NC(=O)CN(c2ccc(OC)cc2)S(C)(=O)=O)cc1OCC. The van der Waals surface area contributed by atoms with E-state index in [1.54, 1.807) is 48.5 Å². The first-order valence-electron chi connectivity index (χ1n) is 9.72. The molecule has 0 aliphatic heterocycles. The molecular formula is C22H27N3O6S. The molecule has 1 amide bonds. The van der Waals surface area contributed by atoms with E-state index in [4.69, 9.17) is 14.2 Å². The van der Waals surface area contributed by atoms with Gasteiger partial charge < -0.3 is 14.2 Å². The fourth-order valence-electron chi connectivity index (χ4n) is 2.63. The predicted molar refractivity (Wildman–Crippen MR) is 124 cm³/mol. The summed E-state index contributed by atoms with van der Waals surface area (Å²) in [7, 11) is -2.18. The Balaban J connectivity index is 2.07. The highest BCUT2D eigenvalue weighted by Gasteiger charge is 2.20. The third-order valence-electron chi connectivity index (χ3n) is 4.08. The fourth-order valence-corrected chi connectivity index (χ4v) is 3.49. The van der Waals surface area contributed by atoms with Crippen molar-refractivity contribution in [3.63, 3.8) is 0 Å². The number of sulfonamides is 1. The van der Waals surface area contributed by atoms with Gasteiger partial charge >= 0.3 is 0 Å². The van der Waals surface area contributed by atoms with Crippen molar-refractivity contribution in [3.05, 3.63) is 60.7 Å². The summed E-state index contributed by atoms with van der Waals surface area (Å²) >= 11 is 0. The lowest BCUT2D eigenvalue weighted by Gasteiger charge is -2.21. The standard InChI is InChI=1S/C22H27N3O6S/c1-5-13-31-20-12-7-17(14-21(20)30-6-2)15-23-24-22(26)16-25(32(4,27)28)18-8-10-19(29-3)11-9-18/h5,7-12,14-15H,1,6,13,16H2,2-4H3,(H,24,26)/b23-15-. The van der Waals surface area contributed by atoms with E-state index in [9.17, 15) is 13.2 Å². The maximum Gasteiger partial charge on any atom is 0.260 e. The van der Waals surface area contributed by atoms with Crippen LogP contribution in [0.5, 0.6) is 17.2 Å². The van der Waals surface area contributed by atoms with E-state index in [2.05, 4.69) is 17.1 Å². The minimum Gasteiger partial charge on any atom is -0.497 e. The molecule has 9 nitrogen and oxygen atoms in total. The Morgan fingerprint density at radius 2 is 1.88 bits per heavy atom. The number of hydrogen-bond donors (Lipinski definition) is 1. The molecule has 0 saturated heterocycles. The molecule has 1 N–H and O–H groups in total. The second-order valence-electron chi connectivity index (χ2n) is 6.50. The number of hydrogen-bond acceptors (Lipinski definition) is 7. The maximum atomic E-state index is 12.3. The Kier molecular flexibility index (Phi) is 9.08. The quantitative estimate of drug-likeness (QED) is 0.296. The summed E-state index contributed by atoms with van der Waals surface area (Å²) < 4.78 is 41.5. The zero-order valence-electron chi connectivity index (χ0n) is 18.3. The molecule has 10 heteroatoms. The highest BCUT2D eigenvalue weighted by molar-refractivity contribution is 7.92. The van der Waals surface area contributed by atoms with E-state index in [0.717, 1.165) is 10.6 Å². The molecule has 0 aromatic heterocycles.